The molecule has 0 heterocycles. The average Bonchev–Trinajstić information content (AvgIpc) is 2.52. The molecule has 9 nitrogen and oxygen atoms in total. The first-order valence-corrected chi connectivity index (χ1v) is 9.61. The number of sulfonamides is 1. The topological polar surface area (TPSA) is 113 Å². The second-order valence-electron chi connectivity index (χ2n) is 5.72. The lowest BCUT2D eigenvalue weighted by Gasteiger charge is -2.19. The minimum atomic E-state index is -3.26. The zero-order valence-electron chi connectivity index (χ0n) is 14.9. The summed E-state index contributed by atoms with van der Waals surface area (Å²) in [4.78, 5) is 24.4. The molecule has 25 heavy (non-hydrogen) atoms. The third kappa shape index (κ3) is 5.98. The highest BCUT2D eigenvalue weighted by atomic mass is 32.2. The number of hydrogen-bond acceptors (Lipinski definition) is 6. The van der Waals surface area contributed by atoms with Crippen LogP contribution in [0, 0.1) is 10.1 Å². The largest absolute Gasteiger partial charge is 0.377 e. The molecule has 0 aliphatic rings. The molecule has 0 aliphatic heterocycles. The third-order valence-corrected chi connectivity index (χ3v) is 4.99. The van der Waals surface area contributed by atoms with Gasteiger partial charge in [-0.2, -0.15) is 0 Å². The molecule has 140 valence electrons. The summed E-state index contributed by atoms with van der Waals surface area (Å²) in [5.41, 5.74) is 0.606. The van der Waals surface area contributed by atoms with E-state index in [1.54, 1.807) is 25.9 Å². The Hall–Kier alpha value is -2.20. The van der Waals surface area contributed by atoms with Crippen LogP contribution in [0.25, 0.3) is 0 Å². The van der Waals surface area contributed by atoms with Gasteiger partial charge in [-0.1, -0.05) is 6.92 Å². The zero-order chi connectivity index (χ0) is 19.2. The molecule has 0 radical (unpaired) electrons. The number of carbonyl (C=O) groups excluding carboxylic acids is 1. The Morgan fingerprint density at radius 2 is 1.96 bits per heavy atom. The standard InChI is InChI=1S/C15H24N4O5S/c1-5-18(25(4,23)24)10-6-9-16-15(20)13-11-12(19(21)22)7-8-14(13)17(2)3/h7-8,11H,5-6,9-10H2,1-4H3,(H,16,20). The molecule has 0 saturated carbocycles. The van der Waals surface area contributed by atoms with Gasteiger partial charge in [-0.25, -0.2) is 12.7 Å². The molecule has 10 heteroatoms. The second-order valence-corrected chi connectivity index (χ2v) is 7.70. The van der Waals surface area contributed by atoms with Gasteiger partial charge >= 0.3 is 0 Å². The molecule has 0 fully saturated rings. The van der Waals surface area contributed by atoms with Crippen LogP contribution >= 0.6 is 0 Å². The number of nitro groups is 1. The van der Waals surface area contributed by atoms with Crippen LogP contribution in [0.2, 0.25) is 0 Å². The minimum Gasteiger partial charge on any atom is -0.377 e. The molecule has 0 bridgehead atoms. The van der Waals surface area contributed by atoms with Gasteiger partial charge in [-0.15, -0.1) is 0 Å². The Balaban J connectivity index is 2.77. The highest BCUT2D eigenvalue weighted by molar-refractivity contribution is 7.88. The van der Waals surface area contributed by atoms with Gasteiger partial charge < -0.3 is 10.2 Å². The summed E-state index contributed by atoms with van der Waals surface area (Å²) < 4.78 is 24.3. The number of benzene rings is 1. The molecule has 1 aromatic carbocycles. The number of carbonyl (C=O) groups is 1. The highest BCUT2D eigenvalue weighted by Gasteiger charge is 2.18. The van der Waals surface area contributed by atoms with Gasteiger partial charge in [0.2, 0.25) is 10.0 Å². The molecule has 0 unspecified atom stereocenters. The van der Waals surface area contributed by atoms with Crippen LogP contribution in [-0.4, -0.2) is 63.5 Å². The summed E-state index contributed by atoms with van der Waals surface area (Å²) >= 11 is 0. The number of nitrogens with one attached hydrogen (secondary N) is 1. The lowest BCUT2D eigenvalue weighted by Crippen LogP contribution is -2.33. The van der Waals surface area contributed by atoms with E-state index >= 15 is 0 Å². The van der Waals surface area contributed by atoms with E-state index in [0.717, 1.165) is 6.26 Å². The molecule has 0 aliphatic carbocycles. The summed E-state index contributed by atoms with van der Waals surface area (Å²) in [7, 11) is 0.217. The van der Waals surface area contributed by atoms with Gasteiger partial charge in [0, 0.05) is 51.5 Å². The summed E-state index contributed by atoms with van der Waals surface area (Å²) in [6.07, 6.45) is 1.58. The molecule has 0 atom stereocenters. The highest BCUT2D eigenvalue weighted by Crippen LogP contribution is 2.24. The summed E-state index contributed by atoms with van der Waals surface area (Å²) in [5, 5.41) is 13.6. The fraction of sp³-hybridized carbons (Fsp3) is 0.533. The first-order valence-electron chi connectivity index (χ1n) is 7.77. The SMILES string of the molecule is CCN(CCCNC(=O)c1cc([N+](=O)[O-])ccc1N(C)C)S(C)(=O)=O. The Labute approximate surface area is 147 Å². The molecule has 0 aromatic heterocycles. The number of nitro benzene ring substituents is 1. The minimum absolute atomic E-state index is 0.162. The predicted octanol–water partition coefficient (Wildman–Crippen LogP) is 1.06. The van der Waals surface area contributed by atoms with Crippen molar-refractivity contribution in [1.82, 2.24) is 9.62 Å². The van der Waals surface area contributed by atoms with Crippen molar-refractivity contribution >= 4 is 27.3 Å². The first kappa shape index (κ1) is 20.8. The van der Waals surface area contributed by atoms with E-state index in [1.165, 1.54) is 22.5 Å². The summed E-state index contributed by atoms with van der Waals surface area (Å²) in [5.74, 6) is -0.435. The smallest absolute Gasteiger partial charge is 0.270 e. The van der Waals surface area contributed by atoms with Crippen LogP contribution in [0.3, 0.4) is 0 Å². The summed E-state index contributed by atoms with van der Waals surface area (Å²) in [6.45, 7) is 2.67. The third-order valence-electron chi connectivity index (χ3n) is 3.61. The van der Waals surface area contributed by atoms with E-state index < -0.39 is 20.9 Å². The fourth-order valence-electron chi connectivity index (χ4n) is 2.32. The molecule has 1 amide bonds. The maximum atomic E-state index is 12.4. The van der Waals surface area contributed by atoms with Crippen LogP contribution in [0.1, 0.15) is 23.7 Å². The molecule has 1 rings (SSSR count). The fourth-order valence-corrected chi connectivity index (χ4v) is 3.25. The van der Waals surface area contributed by atoms with Gasteiger partial charge in [0.15, 0.2) is 0 Å². The van der Waals surface area contributed by atoms with Crippen molar-refractivity contribution in [2.45, 2.75) is 13.3 Å². The van der Waals surface area contributed by atoms with Crippen molar-refractivity contribution in [3.8, 4) is 0 Å². The molecule has 1 N–H and O–H groups in total. The Morgan fingerprint density at radius 1 is 1.32 bits per heavy atom. The number of rotatable bonds is 9. The van der Waals surface area contributed by atoms with Crippen LogP contribution in [0.5, 0.6) is 0 Å². The van der Waals surface area contributed by atoms with Gasteiger partial charge in [0.1, 0.15) is 0 Å². The lowest BCUT2D eigenvalue weighted by atomic mass is 10.1. The van der Waals surface area contributed by atoms with Crippen molar-refractivity contribution in [3.05, 3.63) is 33.9 Å². The maximum absolute atomic E-state index is 12.4. The Kier molecular flexibility index (Phi) is 7.31. The van der Waals surface area contributed by atoms with Crippen LogP contribution in [-0.2, 0) is 10.0 Å². The maximum Gasteiger partial charge on any atom is 0.270 e. The number of hydrogen-bond donors (Lipinski definition) is 1. The monoisotopic (exact) mass is 372 g/mol. The van der Waals surface area contributed by atoms with Crippen molar-refractivity contribution < 1.29 is 18.1 Å². The molecular weight excluding hydrogens is 348 g/mol. The summed E-state index contributed by atoms with van der Waals surface area (Å²) in [6, 6.07) is 4.10. The number of anilines is 1. The number of amides is 1. The van der Waals surface area contributed by atoms with Gasteiger partial charge in [0.25, 0.3) is 11.6 Å². The normalized spacial score (nSPS) is 11.4. The lowest BCUT2D eigenvalue weighted by molar-refractivity contribution is -0.384. The average molecular weight is 372 g/mol. The van der Waals surface area contributed by atoms with E-state index in [1.807, 2.05) is 0 Å². The van der Waals surface area contributed by atoms with Gasteiger partial charge in [-0.05, 0) is 12.5 Å². The zero-order valence-corrected chi connectivity index (χ0v) is 15.7. The van der Waals surface area contributed by atoms with E-state index in [-0.39, 0.29) is 17.8 Å². The van der Waals surface area contributed by atoms with Crippen LogP contribution < -0.4 is 10.2 Å². The molecule has 0 saturated heterocycles. The van der Waals surface area contributed by atoms with Crippen molar-refractivity contribution in [3.63, 3.8) is 0 Å². The number of nitrogens with zero attached hydrogens (tertiary/aromatic N) is 3. The van der Waals surface area contributed by atoms with Crippen molar-refractivity contribution in [2.75, 3.05) is 44.9 Å². The van der Waals surface area contributed by atoms with E-state index in [9.17, 15) is 23.3 Å². The van der Waals surface area contributed by atoms with Crippen LogP contribution in [0.15, 0.2) is 18.2 Å². The molecular formula is C15H24N4O5S. The predicted molar refractivity (Wildman–Crippen MR) is 96.5 cm³/mol. The molecule has 0 spiro atoms. The van der Waals surface area contributed by atoms with Crippen molar-refractivity contribution in [1.29, 1.82) is 0 Å². The Bertz CT molecular complexity index is 733. The first-order chi connectivity index (χ1) is 11.6. The van der Waals surface area contributed by atoms with E-state index in [2.05, 4.69) is 5.32 Å². The van der Waals surface area contributed by atoms with E-state index in [4.69, 9.17) is 0 Å². The quantitative estimate of drug-likeness (QED) is 0.394. The molecule has 1 aromatic rings. The van der Waals surface area contributed by atoms with Gasteiger partial charge in [-0.3, -0.25) is 14.9 Å². The van der Waals surface area contributed by atoms with Gasteiger partial charge in [0.05, 0.1) is 16.7 Å². The van der Waals surface area contributed by atoms with Crippen molar-refractivity contribution in [2.24, 2.45) is 0 Å². The Morgan fingerprint density at radius 3 is 2.44 bits per heavy atom. The van der Waals surface area contributed by atoms with E-state index in [0.29, 0.717) is 25.2 Å². The van der Waals surface area contributed by atoms with Crippen LogP contribution in [0.4, 0.5) is 11.4 Å². The second kappa shape index (κ2) is 8.77. The number of non-ortho nitro benzene ring substituents is 1.